The van der Waals surface area contributed by atoms with E-state index in [9.17, 15) is 9.59 Å². The number of hydrogen-bond donors (Lipinski definition) is 3. The van der Waals surface area contributed by atoms with E-state index in [1.807, 2.05) is 95.0 Å². The Morgan fingerprint density at radius 2 is 1.51 bits per heavy atom. The van der Waals surface area contributed by atoms with E-state index in [0.29, 0.717) is 44.4 Å². The molecule has 1 aliphatic heterocycles. The molecule has 0 bridgehead atoms. The number of hydrogen-bond acceptors (Lipinski definition) is 11. The van der Waals surface area contributed by atoms with Crippen molar-refractivity contribution in [3.8, 4) is 0 Å². The van der Waals surface area contributed by atoms with Crippen molar-refractivity contribution in [3.63, 3.8) is 0 Å². The summed E-state index contributed by atoms with van der Waals surface area (Å²) in [4.78, 5) is 52.4. The van der Waals surface area contributed by atoms with Crippen LogP contribution in [0.1, 0.15) is 97.0 Å². The zero-order chi connectivity index (χ0) is 40.6. The van der Waals surface area contributed by atoms with Gasteiger partial charge in [-0.15, -0.1) is 0 Å². The van der Waals surface area contributed by atoms with Gasteiger partial charge in [0.15, 0.2) is 0 Å². The van der Waals surface area contributed by atoms with Gasteiger partial charge in [0.2, 0.25) is 5.95 Å². The number of ether oxygens (including phenoxy) is 2. The molecule has 3 heterocycles. The molecule has 2 aromatic carbocycles. The number of H-pyrrole nitrogens is 1. The lowest BCUT2D eigenvalue weighted by Gasteiger charge is -2.36. The van der Waals surface area contributed by atoms with Crippen LogP contribution in [0.5, 0.6) is 0 Å². The first-order chi connectivity index (χ1) is 27.2. The van der Waals surface area contributed by atoms with Crippen LogP contribution in [0.15, 0.2) is 54.6 Å². The number of fused-ring (bicyclic) bond motifs is 1. The molecule has 2 aliphatic rings. The number of aromatic nitrogens is 4. The highest BCUT2D eigenvalue weighted by atomic mass is 16.6. The van der Waals surface area contributed by atoms with E-state index < -0.39 is 11.2 Å². The van der Waals surface area contributed by atoms with Gasteiger partial charge < -0.3 is 40.2 Å². The summed E-state index contributed by atoms with van der Waals surface area (Å²) >= 11 is 0. The summed E-state index contributed by atoms with van der Waals surface area (Å²) in [6.45, 7) is 17.3. The predicted molar refractivity (Wildman–Crippen MR) is 225 cm³/mol. The van der Waals surface area contributed by atoms with Crippen molar-refractivity contribution in [3.05, 3.63) is 71.5 Å². The topological polar surface area (TPSA) is 158 Å². The monoisotopic (exact) mass is 782 g/mol. The van der Waals surface area contributed by atoms with Crippen LogP contribution in [0.25, 0.3) is 11.0 Å². The minimum Gasteiger partial charge on any atom is -0.444 e. The van der Waals surface area contributed by atoms with Crippen LogP contribution in [-0.4, -0.2) is 103 Å². The molecule has 0 spiro atoms. The summed E-state index contributed by atoms with van der Waals surface area (Å²) in [6.07, 6.45) is 5.31. The predicted octanol–water partition coefficient (Wildman–Crippen LogP) is 7.57. The van der Waals surface area contributed by atoms with Gasteiger partial charge in [0.25, 0.3) is 0 Å². The molecule has 6 rings (SSSR count). The number of carbonyl (C=O) groups excluding carboxylic acids is 2. The molecule has 57 heavy (non-hydrogen) atoms. The van der Waals surface area contributed by atoms with E-state index in [-0.39, 0.29) is 18.2 Å². The summed E-state index contributed by atoms with van der Waals surface area (Å²) < 4.78 is 11.6. The number of anilines is 3. The molecule has 0 unspecified atom stereocenters. The highest BCUT2D eigenvalue weighted by Gasteiger charge is 2.30. The molecule has 14 heteroatoms. The maximum Gasteiger partial charge on any atom is 0.410 e. The number of piperazine rings is 1. The number of carbonyl (C=O) groups is 2. The fourth-order valence-corrected chi connectivity index (χ4v) is 7.41. The van der Waals surface area contributed by atoms with E-state index in [1.165, 1.54) is 6.42 Å². The number of nitrogens with one attached hydrogen (secondary N) is 2. The Bertz CT molecular complexity index is 1890. The summed E-state index contributed by atoms with van der Waals surface area (Å²) in [7, 11) is 0. The zero-order valence-corrected chi connectivity index (χ0v) is 34.7. The molecule has 4 aromatic rings. The van der Waals surface area contributed by atoms with Crippen molar-refractivity contribution in [2.75, 3.05) is 55.2 Å². The van der Waals surface area contributed by atoms with Crippen LogP contribution >= 0.6 is 0 Å². The zero-order valence-electron chi connectivity index (χ0n) is 34.7. The number of nitrogens with two attached hydrogens (primary N) is 1. The smallest absolute Gasteiger partial charge is 0.410 e. The Morgan fingerprint density at radius 3 is 2.19 bits per heavy atom. The van der Waals surface area contributed by atoms with Crippen LogP contribution < -0.4 is 16.0 Å². The summed E-state index contributed by atoms with van der Waals surface area (Å²) in [5, 5.41) is 3.35. The fraction of sp³-hybridized carbons (Fsp3) is 0.558. The average molecular weight is 783 g/mol. The molecule has 308 valence electrons. The molecule has 0 atom stereocenters. The molecule has 2 aromatic heterocycles. The molecule has 0 radical (unpaired) electrons. The Labute approximate surface area is 337 Å². The minimum atomic E-state index is -0.636. The number of nitrogens with zero attached hydrogens (tertiary/aromatic N) is 7. The minimum absolute atomic E-state index is 0.157. The van der Waals surface area contributed by atoms with Crippen molar-refractivity contribution in [2.24, 2.45) is 0 Å². The highest BCUT2D eigenvalue weighted by molar-refractivity contribution is 5.74. The number of imidazole rings is 1. The van der Waals surface area contributed by atoms with E-state index in [2.05, 4.69) is 31.2 Å². The third-order valence-corrected chi connectivity index (χ3v) is 10.2. The molecule has 2 fully saturated rings. The third-order valence-electron chi connectivity index (χ3n) is 10.2. The maximum atomic E-state index is 13.4. The summed E-state index contributed by atoms with van der Waals surface area (Å²) in [5.74, 6) is 2.67. The molecular formula is C43H62N10O4. The van der Waals surface area contributed by atoms with Crippen molar-refractivity contribution in [1.82, 2.24) is 34.6 Å². The van der Waals surface area contributed by atoms with Crippen molar-refractivity contribution in [1.29, 1.82) is 0 Å². The molecule has 2 amide bonds. The third kappa shape index (κ3) is 12.4. The number of nitrogen functional groups attached to an aromatic ring is 1. The normalized spacial score (nSPS) is 15.7. The van der Waals surface area contributed by atoms with Gasteiger partial charge in [-0.2, -0.15) is 9.97 Å². The second-order valence-corrected chi connectivity index (χ2v) is 17.3. The lowest BCUT2D eigenvalue weighted by Crippen LogP contribution is -2.46. The molecule has 14 nitrogen and oxygen atoms in total. The van der Waals surface area contributed by atoms with Crippen LogP contribution in [0, 0.1) is 0 Å². The van der Waals surface area contributed by atoms with E-state index in [0.717, 1.165) is 92.2 Å². The maximum absolute atomic E-state index is 13.4. The van der Waals surface area contributed by atoms with Crippen LogP contribution in [0.4, 0.5) is 27.2 Å². The van der Waals surface area contributed by atoms with Gasteiger partial charge in [0.05, 0.1) is 17.6 Å². The Kier molecular flexibility index (Phi) is 13.4. The first-order valence-corrected chi connectivity index (χ1v) is 20.5. The molecule has 1 saturated heterocycles. The van der Waals surface area contributed by atoms with Crippen molar-refractivity contribution < 1.29 is 19.1 Å². The molecule has 1 aliphatic carbocycles. The SMILES string of the molecule is CC(C)(C)OC(=O)N(CCCN(C(=O)OC(C)(C)C)C1CCCCC1)Cc1ccc(CNc2nc(N)cc(N3CCN(Cc4nc5ccccc5[nH]4)CC3)n2)cc1. The van der Waals surface area contributed by atoms with Crippen LogP contribution in [-0.2, 0) is 29.1 Å². The fourth-order valence-electron chi connectivity index (χ4n) is 7.41. The second-order valence-electron chi connectivity index (χ2n) is 17.3. The first kappa shape index (κ1) is 41.5. The standard InChI is InChI=1S/C43H62N10O4/c1-42(2,3)56-40(54)52(21-12-22-53(33-13-8-7-9-14-33)41(55)57-43(4,5)6)29-32-19-17-31(18-20-32)28-45-39-48-36(44)27-38(49-39)51-25-23-50(24-26-51)30-37-46-34-15-10-11-16-35(34)47-37/h10-11,15-20,27,33H,7-9,12-14,21-26,28-30H2,1-6H3,(H,46,47)(H3,44,45,48,49). The van der Waals surface area contributed by atoms with Crippen molar-refractivity contribution in [2.45, 2.75) is 117 Å². The van der Waals surface area contributed by atoms with E-state index in [4.69, 9.17) is 25.2 Å². The Hall–Kier alpha value is -5.11. The largest absolute Gasteiger partial charge is 0.444 e. The van der Waals surface area contributed by atoms with Gasteiger partial charge in [0.1, 0.15) is 28.7 Å². The highest BCUT2D eigenvalue weighted by Crippen LogP contribution is 2.26. The van der Waals surface area contributed by atoms with Crippen LogP contribution in [0.2, 0.25) is 0 Å². The Morgan fingerprint density at radius 1 is 0.842 bits per heavy atom. The van der Waals surface area contributed by atoms with Gasteiger partial charge in [0, 0.05) is 64.5 Å². The lowest BCUT2D eigenvalue weighted by atomic mass is 9.94. The number of amides is 2. The average Bonchev–Trinajstić information content (AvgIpc) is 3.57. The van der Waals surface area contributed by atoms with Gasteiger partial charge >= 0.3 is 12.2 Å². The molecule has 4 N–H and O–H groups in total. The van der Waals surface area contributed by atoms with E-state index in [1.54, 1.807) is 4.90 Å². The van der Waals surface area contributed by atoms with E-state index >= 15 is 0 Å². The van der Waals surface area contributed by atoms with Gasteiger partial charge in [-0.25, -0.2) is 14.6 Å². The summed E-state index contributed by atoms with van der Waals surface area (Å²) in [5.41, 5.74) is 9.10. The van der Waals surface area contributed by atoms with Gasteiger partial charge in [-0.05, 0) is 84.1 Å². The number of aromatic amines is 1. The number of rotatable bonds is 13. The summed E-state index contributed by atoms with van der Waals surface area (Å²) in [6, 6.07) is 18.2. The molecule has 1 saturated carbocycles. The number of benzene rings is 2. The Balaban J connectivity index is 1.02. The first-order valence-electron chi connectivity index (χ1n) is 20.5. The van der Waals surface area contributed by atoms with Crippen LogP contribution in [0.3, 0.4) is 0 Å². The molecular weight excluding hydrogens is 721 g/mol. The lowest BCUT2D eigenvalue weighted by molar-refractivity contribution is 0.00969. The number of para-hydroxylation sites is 2. The van der Waals surface area contributed by atoms with Gasteiger partial charge in [-0.3, -0.25) is 4.90 Å². The van der Waals surface area contributed by atoms with Gasteiger partial charge in [-0.1, -0.05) is 55.7 Å². The second kappa shape index (κ2) is 18.4. The van der Waals surface area contributed by atoms with Crippen molar-refractivity contribution >= 4 is 40.8 Å². The quantitative estimate of drug-likeness (QED) is 0.123.